The van der Waals surface area contributed by atoms with Crippen molar-refractivity contribution in [2.45, 2.75) is 11.5 Å². The maximum Gasteiger partial charge on any atom is 0.340 e. The number of sulfonamides is 1. The summed E-state index contributed by atoms with van der Waals surface area (Å²) in [5.74, 6) is -0.762. The van der Waals surface area contributed by atoms with Crippen LogP contribution in [0.5, 0.6) is 0 Å². The summed E-state index contributed by atoms with van der Waals surface area (Å²) in [6.07, 6.45) is 0. The zero-order chi connectivity index (χ0) is 18.6. The molecule has 0 N–H and O–H groups in total. The first-order chi connectivity index (χ1) is 11.8. The number of rotatable bonds is 6. The molecule has 9 heteroatoms. The van der Waals surface area contributed by atoms with Crippen molar-refractivity contribution < 1.29 is 22.8 Å². The first-order valence-corrected chi connectivity index (χ1v) is 9.20. The van der Waals surface area contributed by atoms with Crippen LogP contribution in [0, 0.1) is 0 Å². The quantitative estimate of drug-likeness (QED) is 0.544. The first-order valence-electron chi connectivity index (χ1n) is 7.00. The number of carbonyl (C=O) groups is 1. The fraction of sp³-hybridized carbons (Fsp3) is 0.188. The van der Waals surface area contributed by atoms with Crippen molar-refractivity contribution >= 4 is 39.2 Å². The minimum atomic E-state index is -3.91. The van der Waals surface area contributed by atoms with Gasteiger partial charge >= 0.3 is 5.97 Å². The second-order valence-electron chi connectivity index (χ2n) is 4.91. The topological polar surface area (TPSA) is 72.9 Å². The summed E-state index contributed by atoms with van der Waals surface area (Å²) in [5.41, 5.74) is 0.552. The Bertz CT molecular complexity index is 886. The fourth-order valence-electron chi connectivity index (χ4n) is 1.90. The van der Waals surface area contributed by atoms with Gasteiger partial charge in [-0.25, -0.2) is 13.2 Å². The average Bonchev–Trinajstić information content (AvgIpc) is 2.60. The molecule has 0 bridgehead atoms. The number of hydrogen-bond acceptors (Lipinski definition) is 5. The molecule has 0 unspecified atom stereocenters. The standard InChI is InChI=1S/C16H15Cl2NO5S/c1-19(23-2)25(21,22)12-7-8-15(18)13(9-12)16(20)24-10-11-5-3-4-6-14(11)17/h3-9H,10H2,1-2H3. The van der Waals surface area contributed by atoms with E-state index in [1.54, 1.807) is 24.3 Å². The lowest BCUT2D eigenvalue weighted by molar-refractivity contribution is -0.0258. The third kappa shape index (κ3) is 4.50. The number of benzene rings is 2. The molecule has 134 valence electrons. The van der Waals surface area contributed by atoms with E-state index in [2.05, 4.69) is 0 Å². The lowest BCUT2D eigenvalue weighted by Gasteiger charge is -2.15. The second-order valence-corrected chi connectivity index (χ2v) is 7.66. The molecule has 0 aliphatic heterocycles. The van der Waals surface area contributed by atoms with Crippen LogP contribution in [-0.2, 0) is 26.2 Å². The van der Waals surface area contributed by atoms with E-state index >= 15 is 0 Å². The van der Waals surface area contributed by atoms with Crippen LogP contribution in [0.2, 0.25) is 10.0 Å². The van der Waals surface area contributed by atoms with E-state index in [1.807, 2.05) is 0 Å². The predicted molar refractivity (Wildman–Crippen MR) is 94.0 cm³/mol. The van der Waals surface area contributed by atoms with Gasteiger partial charge in [0.15, 0.2) is 0 Å². The number of halogens is 2. The third-order valence-corrected chi connectivity index (χ3v) is 5.74. The van der Waals surface area contributed by atoms with Crippen molar-refractivity contribution in [1.82, 2.24) is 4.47 Å². The molecule has 0 aliphatic carbocycles. The van der Waals surface area contributed by atoms with E-state index in [0.717, 1.165) is 6.07 Å². The summed E-state index contributed by atoms with van der Waals surface area (Å²) in [4.78, 5) is 16.8. The number of carbonyl (C=O) groups excluding carboxylic acids is 1. The molecule has 0 saturated heterocycles. The van der Waals surface area contributed by atoms with Gasteiger partial charge in [0.1, 0.15) is 6.61 Å². The van der Waals surface area contributed by atoms with Gasteiger partial charge in [-0.15, -0.1) is 0 Å². The number of ether oxygens (including phenoxy) is 1. The van der Waals surface area contributed by atoms with Crippen LogP contribution in [0.25, 0.3) is 0 Å². The number of hydroxylamine groups is 1. The molecule has 2 rings (SSSR count). The van der Waals surface area contributed by atoms with Crippen molar-refractivity contribution in [3.63, 3.8) is 0 Å². The molecule has 0 spiro atoms. The SMILES string of the molecule is CON(C)S(=O)(=O)c1ccc(Cl)c(C(=O)OCc2ccccc2Cl)c1. The van der Waals surface area contributed by atoms with Crippen molar-refractivity contribution in [1.29, 1.82) is 0 Å². The number of nitrogens with zero attached hydrogens (tertiary/aromatic N) is 1. The molecule has 0 radical (unpaired) electrons. The third-order valence-electron chi connectivity index (χ3n) is 3.37. The monoisotopic (exact) mass is 403 g/mol. The molecular formula is C16H15Cl2NO5S. The molecular weight excluding hydrogens is 389 g/mol. The van der Waals surface area contributed by atoms with Crippen LogP contribution in [0.3, 0.4) is 0 Å². The smallest absolute Gasteiger partial charge is 0.340 e. The van der Waals surface area contributed by atoms with Gasteiger partial charge in [0.25, 0.3) is 10.0 Å². The van der Waals surface area contributed by atoms with E-state index in [9.17, 15) is 13.2 Å². The predicted octanol–water partition coefficient (Wildman–Crippen LogP) is 3.53. The van der Waals surface area contributed by atoms with Crippen LogP contribution >= 0.6 is 23.2 Å². The van der Waals surface area contributed by atoms with E-state index in [0.29, 0.717) is 15.1 Å². The van der Waals surface area contributed by atoms with Gasteiger partial charge in [-0.05, 0) is 24.3 Å². The van der Waals surface area contributed by atoms with E-state index in [-0.39, 0.29) is 22.1 Å². The Morgan fingerprint density at radius 3 is 2.44 bits per heavy atom. The molecule has 0 saturated carbocycles. The first kappa shape index (κ1) is 19.7. The van der Waals surface area contributed by atoms with Gasteiger partial charge < -0.3 is 4.74 Å². The fourth-order valence-corrected chi connectivity index (χ4v) is 3.29. The zero-order valence-electron chi connectivity index (χ0n) is 13.4. The minimum Gasteiger partial charge on any atom is -0.457 e. The maximum absolute atomic E-state index is 12.3. The Kier molecular flexibility index (Phi) is 6.42. The van der Waals surface area contributed by atoms with Gasteiger partial charge in [-0.2, -0.15) is 0 Å². The van der Waals surface area contributed by atoms with Gasteiger partial charge in [-0.3, -0.25) is 4.84 Å². The summed E-state index contributed by atoms with van der Waals surface area (Å²) < 4.78 is 30.4. The van der Waals surface area contributed by atoms with Gasteiger partial charge in [0, 0.05) is 17.6 Å². The molecule has 2 aromatic rings. The molecule has 0 heterocycles. The van der Waals surface area contributed by atoms with Crippen LogP contribution < -0.4 is 0 Å². The van der Waals surface area contributed by atoms with Crippen LogP contribution in [0.4, 0.5) is 0 Å². The molecule has 0 atom stereocenters. The molecule has 6 nitrogen and oxygen atoms in total. The van der Waals surface area contributed by atoms with Crippen molar-refractivity contribution in [2.75, 3.05) is 14.2 Å². The molecule has 0 aromatic heterocycles. The zero-order valence-corrected chi connectivity index (χ0v) is 15.7. The average molecular weight is 404 g/mol. The van der Waals surface area contributed by atoms with E-state index in [4.69, 9.17) is 32.8 Å². The Morgan fingerprint density at radius 1 is 1.12 bits per heavy atom. The van der Waals surface area contributed by atoms with Crippen molar-refractivity contribution in [2.24, 2.45) is 0 Å². The van der Waals surface area contributed by atoms with E-state index < -0.39 is 16.0 Å². The molecule has 2 aromatic carbocycles. The summed E-state index contributed by atoms with van der Waals surface area (Å²) >= 11 is 12.0. The van der Waals surface area contributed by atoms with Gasteiger partial charge in [0.2, 0.25) is 0 Å². The summed E-state index contributed by atoms with van der Waals surface area (Å²) in [7, 11) is -1.46. The Balaban J connectivity index is 2.25. The Labute approximate surface area is 155 Å². The van der Waals surface area contributed by atoms with Crippen LogP contribution in [0.15, 0.2) is 47.4 Å². The number of esters is 1. The highest BCUT2D eigenvalue weighted by atomic mass is 35.5. The maximum atomic E-state index is 12.3. The van der Waals surface area contributed by atoms with Gasteiger partial charge in [0.05, 0.1) is 22.6 Å². The lowest BCUT2D eigenvalue weighted by Crippen LogP contribution is -2.26. The normalized spacial score (nSPS) is 11.6. The summed E-state index contributed by atoms with van der Waals surface area (Å²) in [6, 6.07) is 10.6. The molecule has 0 fully saturated rings. The summed E-state index contributed by atoms with van der Waals surface area (Å²) in [5, 5.41) is 0.530. The highest BCUT2D eigenvalue weighted by Gasteiger charge is 2.24. The van der Waals surface area contributed by atoms with Crippen LogP contribution in [-0.4, -0.2) is 33.0 Å². The highest BCUT2D eigenvalue weighted by Crippen LogP contribution is 2.24. The van der Waals surface area contributed by atoms with Gasteiger partial charge in [-0.1, -0.05) is 45.9 Å². The number of hydrogen-bond donors (Lipinski definition) is 0. The van der Waals surface area contributed by atoms with Crippen molar-refractivity contribution in [3.8, 4) is 0 Å². The second kappa shape index (κ2) is 8.16. The highest BCUT2D eigenvalue weighted by molar-refractivity contribution is 7.89. The van der Waals surface area contributed by atoms with E-state index in [1.165, 1.54) is 26.3 Å². The molecule has 0 amide bonds. The molecule has 0 aliphatic rings. The lowest BCUT2D eigenvalue weighted by atomic mass is 10.2. The Morgan fingerprint density at radius 2 is 1.80 bits per heavy atom. The van der Waals surface area contributed by atoms with Crippen molar-refractivity contribution in [3.05, 3.63) is 63.6 Å². The largest absolute Gasteiger partial charge is 0.457 e. The Hall–Kier alpha value is -1.64. The minimum absolute atomic E-state index is 0.0657. The van der Waals surface area contributed by atoms with Crippen LogP contribution in [0.1, 0.15) is 15.9 Å². The summed E-state index contributed by atoms with van der Waals surface area (Å²) in [6.45, 7) is -0.0657. The molecule has 25 heavy (non-hydrogen) atoms.